The first-order valence-electron chi connectivity index (χ1n) is 5.06. The van der Waals surface area contributed by atoms with Gasteiger partial charge in [-0.05, 0) is 34.0 Å². The lowest BCUT2D eigenvalue weighted by molar-refractivity contribution is 0.0662. The zero-order valence-corrected chi connectivity index (χ0v) is 12.4. The standard InChI is InChI=1S/C12H10Br2O3/c1-5(2)9-7-3-6(13)4-8(14)10(7)17-11(9)12(15)16/h3-5H,1-2H3,(H,15,16). The molecule has 0 saturated carbocycles. The highest BCUT2D eigenvalue weighted by molar-refractivity contribution is 9.11. The monoisotopic (exact) mass is 360 g/mol. The molecule has 0 spiro atoms. The molecule has 1 aromatic heterocycles. The Kier molecular flexibility index (Phi) is 3.32. The van der Waals surface area contributed by atoms with Gasteiger partial charge in [-0.3, -0.25) is 0 Å². The van der Waals surface area contributed by atoms with E-state index in [9.17, 15) is 4.79 Å². The molecule has 5 heteroatoms. The van der Waals surface area contributed by atoms with E-state index in [2.05, 4.69) is 31.9 Å². The quantitative estimate of drug-likeness (QED) is 0.837. The average Bonchev–Trinajstić information content (AvgIpc) is 2.56. The maximum Gasteiger partial charge on any atom is 0.372 e. The van der Waals surface area contributed by atoms with Crippen LogP contribution in [0.4, 0.5) is 0 Å². The number of carbonyl (C=O) groups is 1. The summed E-state index contributed by atoms with van der Waals surface area (Å²) in [6.45, 7) is 3.90. The Bertz CT molecular complexity index is 599. The van der Waals surface area contributed by atoms with Gasteiger partial charge < -0.3 is 9.52 Å². The number of furan rings is 1. The number of benzene rings is 1. The molecule has 2 aromatic rings. The van der Waals surface area contributed by atoms with Crippen LogP contribution in [-0.2, 0) is 0 Å². The molecule has 1 heterocycles. The van der Waals surface area contributed by atoms with Crippen LogP contribution in [0.1, 0.15) is 35.9 Å². The Morgan fingerprint density at radius 1 is 1.35 bits per heavy atom. The molecule has 0 unspecified atom stereocenters. The molecule has 0 aliphatic rings. The number of halogens is 2. The van der Waals surface area contributed by atoms with Crippen molar-refractivity contribution in [2.75, 3.05) is 0 Å². The Hall–Kier alpha value is -0.810. The van der Waals surface area contributed by atoms with Crippen LogP contribution in [0.15, 0.2) is 25.5 Å². The fourth-order valence-corrected chi connectivity index (χ4v) is 3.18. The second-order valence-electron chi connectivity index (χ2n) is 4.07. The molecule has 0 saturated heterocycles. The number of carboxylic acids is 1. The van der Waals surface area contributed by atoms with Crippen molar-refractivity contribution in [3.8, 4) is 0 Å². The van der Waals surface area contributed by atoms with Gasteiger partial charge in [-0.15, -0.1) is 0 Å². The molecule has 3 nitrogen and oxygen atoms in total. The fraction of sp³-hybridized carbons (Fsp3) is 0.250. The van der Waals surface area contributed by atoms with Gasteiger partial charge >= 0.3 is 5.97 Å². The Labute approximate surface area is 115 Å². The van der Waals surface area contributed by atoms with Crippen LogP contribution in [0.5, 0.6) is 0 Å². The van der Waals surface area contributed by atoms with Gasteiger partial charge in [0.25, 0.3) is 0 Å². The number of rotatable bonds is 2. The summed E-state index contributed by atoms with van der Waals surface area (Å²) in [6, 6.07) is 3.72. The predicted molar refractivity (Wildman–Crippen MR) is 72.7 cm³/mol. The summed E-state index contributed by atoms with van der Waals surface area (Å²) < 4.78 is 7.07. The molecule has 0 aliphatic heterocycles. The molecular weight excluding hydrogens is 352 g/mol. The Morgan fingerprint density at radius 3 is 2.53 bits per heavy atom. The minimum atomic E-state index is -1.03. The molecular formula is C12H10Br2O3. The molecule has 0 bridgehead atoms. The van der Waals surface area contributed by atoms with E-state index in [1.165, 1.54) is 0 Å². The largest absolute Gasteiger partial charge is 0.475 e. The van der Waals surface area contributed by atoms with Crippen molar-refractivity contribution < 1.29 is 14.3 Å². The molecule has 1 N–H and O–H groups in total. The molecule has 1 aromatic carbocycles. The van der Waals surface area contributed by atoms with E-state index in [0.717, 1.165) is 19.9 Å². The minimum Gasteiger partial charge on any atom is -0.475 e. The van der Waals surface area contributed by atoms with Gasteiger partial charge in [0.15, 0.2) is 0 Å². The first kappa shape index (κ1) is 12.6. The van der Waals surface area contributed by atoms with Crippen molar-refractivity contribution in [1.29, 1.82) is 0 Å². The Balaban J connectivity index is 2.90. The molecule has 0 fully saturated rings. The third-order valence-corrected chi connectivity index (χ3v) is 3.57. The third-order valence-electron chi connectivity index (χ3n) is 2.52. The fourth-order valence-electron chi connectivity index (χ4n) is 1.88. The number of hydrogen-bond acceptors (Lipinski definition) is 2. The lowest BCUT2D eigenvalue weighted by atomic mass is 9.99. The number of aromatic carboxylic acids is 1. The van der Waals surface area contributed by atoms with Gasteiger partial charge in [0, 0.05) is 15.4 Å². The van der Waals surface area contributed by atoms with Crippen molar-refractivity contribution in [1.82, 2.24) is 0 Å². The summed E-state index contributed by atoms with van der Waals surface area (Å²) in [5.74, 6) is -0.926. The summed E-state index contributed by atoms with van der Waals surface area (Å²) in [4.78, 5) is 11.2. The summed E-state index contributed by atoms with van der Waals surface area (Å²) in [5.41, 5.74) is 1.31. The lowest BCUT2D eigenvalue weighted by Gasteiger charge is -2.03. The first-order chi connectivity index (χ1) is 7.91. The third kappa shape index (κ3) is 2.13. The molecule has 0 radical (unpaired) electrons. The van der Waals surface area contributed by atoms with Crippen LogP contribution in [0.2, 0.25) is 0 Å². The summed E-state index contributed by atoms with van der Waals surface area (Å²) in [7, 11) is 0. The van der Waals surface area contributed by atoms with Gasteiger partial charge in [0.1, 0.15) is 5.58 Å². The second-order valence-corrected chi connectivity index (χ2v) is 5.84. The lowest BCUT2D eigenvalue weighted by Crippen LogP contribution is -2.00. The smallest absolute Gasteiger partial charge is 0.372 e. The molecule has 0 atom stereocenters. The molecule has 0 amide bonds. The summed E-state index contributed by atoms with van der Waals surface area (Å²) >= 11 is 6.77. The van der Waals surface area contributed by atoms with E-state index in [1.54, 1.807) is 0 Å². The number of fused-ring (bicyclic) bond motifs is 1. The van der Waals surface area contributed by atoms with Crippen molar-refractivity contribution in [2.45, 2.75) is 19.8 Å². The SMILES string of the molecule is CC(C)c1c(C(=O)O)oc2c(Br)cc(Br)cc12. The zero-order valence-electron chi connectivity index (χ0n) is 9.25. The summed E-state index contributed by atoms with van der Waals surface area (Å²) in [6.07, 6.45) is 0. The van der Waals surface area contributed by atoms with E-state index in [0.29, 0.717) is 5.58 Å². The molecule has 2 rings (SSSR count). The van der Waals surface area contributed by atoms with Gasteiger partial charge in [0.05, 0.1) is 4.47 Å². The van der Waals surface area contributed by atoms with Gasteiger partial charge in [0.2, 0.25) is 5.76 Å². The van der Waals surface area contributed by atoms with E-state index < -0.39 is 5.97 Å². The predicted octanol–water partition coefficient (Wildman–Crippen LogP) is 4.78. The van der Waals surface area contributed by atoms with Crippen molar-refractivity contribution in [2.24, 2.45) is 0 Å². The van der Waals surface area contributed by atoms with Gasteiger partial charge in [-0.1, -0.05) is 29.8 Å². The van der Waals surface area contributed by atoms with Crippen molar-refractivity contribution >= 4 is 48.8 Å². The summed E-state index contributed by atoms with van der Waals surface area (Å²) in [5, 5.41) is 9.99. The maximum atomic E-state index is 11.2. The highest BCUT2D eigenvalue weighted by Gasteiger charge is 2.23. The van der Waals surface area contributed by atoms with Crippen LogP contribution in [0.3, 0.4) is 0 Å². The van der Waals surface area contributed by atoms with Crippen LogP contribution in [0.25, 0.3) is 11.0 Å². The normalized spacial score (nSPS) is 11.4. The first-order valence-corrected chi connectivity index (χ1v) is 6.65. The zero-order chi connectivity index (χ0) is 12.7. The van der Waals surface area contributed by atoms with Gasteiger partial charge in [-0.25, -0.2) is 4.79 Å². The average molecular weight is 362 g/mol. The number of hydrogen-bond donors (Lipinski definition) is 1. The minimum absolute atomic E-state index is 0.0220. The van der Waals surface area contributed by atoms with Crippen LogP contribution in [0, 0.1) is 0 Å². The number of carboxylic acid groups (broad SMARTS) is 1. The van der Waals surface area contributed by atoms with Crippen LogP contribution >= 0.6 is 31.9 Å². The molecule has 17 heavy (non-hydrogen) atoms. The molecule has 0 aliphatic carbocycles. The highest BCUT2D eigenvalue weighted by atomic mass is 79.9. The van der Waals surface area contributed by atoms with E-state index in [-0.39, 0.29) is 11.7 Å². The van der Waals surface area contributed by atoms with Crippen molar-refractivity contribution in [3.63, 3.8) is 0 Å². The second kappa shape index (κ2) is 4.46. The van der Waals surface area contributed by atoms with Crippen molar-refractivity contribution in [3.05, 3.63) is 32.4 Å². The van der Waals surface area contributed by atoms with Crippen LogP contribution < -0.4 is 0 Å². The highest BCUT2D eigenvalue weighted by Crippen LogP contribution is 2.37. The van der Waals surface area contributed by atoms with E-state index in [4.69, 9.17) is 9.52 Å². The van der Waals surface area contributed by atoms with Crippen LogP contribution in [-0.4, -0.2) is 11.1 Å². The van der Waals surface area contributed by atoms with E-state index >= 15 is 0 Å². The molecule has 90 valence electrons. The van der Waals surface area contributed by atoms with Gasteiger partial charge in [-0.2, -0.15) is 0 Å². The topological polar surface area (TPSA) is 50.4 Å². The Morgan fingerprint density at radius 2 is 2.00 bits per heavy atom. The maximum absolute atomic E-state index is 11.2. The van der Waals surface area contributed by atoms with E-state index in [1.807, 2.05) is 26.0 Å².